The van der Waals surface area contributed by atoms with Gasteiger partial charge in [-0.1, -0.05) is 19.8 Å². The average molecular weight is 266 g/mol. The summed E-state index contributed by atoms with van der Waals surface area (Å²) >= 11 is 2.07. The SMILES string of the molecule is CCCCSCCC1CCCC1(C#N)NC1CC1. The molecule has 2 aliphatic carbocycles. The highest BCUT2D eigenvalue weighted by molar-refractivity contribution is 7.99. The fraction of sp³-hybridized carbons (Fsp3) is 0.933. The van der Waals surface area contributed by atoms with Crippen molar-refractivity contribution in [1.29, 1.82) is 5.26 Å². The van der Waals surface area contributed by atoms with Gasteiger partial charge in [0.2, 0.25) is 0 Å². The molecule has 0 aromatic rings. The smallest absolute Gasteiger partial charge is 0.109 e. The molecule has 0 amide bonds. The maximum Gasteiger partial charge on any atom is 0.109 e. The molecular formula is C15H26N2S. The van der Waals surface area contributed by atoms with E-state index in [1.54, 1.807) is 0 Å². The second-order valence-corrected chi connectivity index (χ2v) is 7.07. The summed E-state index contributed by atoms with van der Waals surface area (Å²) in [5.41, 5.74) is -0.174. The Labute approximate surface area is 116 Å². The van der Waals surface area contributed by atoms with E-state index in [4.69, 9.17) is 0 Å². The molecule has 0 heterocycles. The van der Waals surface area contributed by atoms with Crippen LogP contribution in [0.4, 0.5) is 0 Å². The monoisotopic (exact) mass is 266 g/mol. The van der Waals surface area contributed by atoms with Crippen molar-refractivity contribution in [1.82, 2.24) is 5.32 Å². The van der Waals surface area contributed by atoms with Crippen molar-refractivity contribution in [2.24, 2.45) is 5.92 Å². The van der Waals surface area contributed by atoms with Gasteiger partial charge in [-0.2, -0.15) is 17.0 Å². The molecule has 18 heavy (non-hydrogen) atoms. The van der Waals surface area contributed by atoms with Crippen LogP contribution >= 0.6 is 11.8 Å². The lowest BCUT2D eigenvalue weighted by molar-refractivity contribution is 0.308. The summed E-state index contributed by atoms with van der Waals surface area (Å²) in [6, 6.07) is 3.28. The van der Waals surface area contributed by atoms with Crippen LogP contribution in [-0.4, -0.2) is 23.1 Å². The van der Waals surface area contributed by atoms with Gasteiger partial charge in [0.1, 0.15) is 5.54 Å². The number of rotatable bonds is 8. The predicted octanol–water partition coefficient (Wildman–Crippen LogP) is 3.72. The molecule has 0 aromatic carbocycles. The van der Waals surface area contributed by atoms with Crippen LogP contribution in [0.5, 0.6) is 0 Å². The van der Waals surface area contributed by atoms with Gasteiger partial charge < -0.3 is 0 Å². The van der Waals surface area contributed by atoms with Crippen molar-refractivity contribution in [3.63, 3.8) is 0 Å². The van der Waals surface area contributed by atoms with Gasteiger partial charge in [0.15, 0.2) is 0 Å². The third-order valence-corrected chi connectivity index (χ3v) is 5.41. The standard InChI is InChI=1S/C15H26N2S/c1-2-3-10-18-11-8-13-5-4-9-15(13,12-16)17-14-6-7-14/h13-14,17H,2-11H2,1H3. The Hall–Kier alpha value is -0.200. The maximum absolute atomic E-state index is 9.59. The van der Waals surface area contributed by atoms with Crippen molar-refractivity contribution in [2.45, 2.75) is 69.9 Å². The summed E-state index contributed by atoms with van der Waals surface area (Å²) < 4.78 is 0. The third kappa shape index (κ3) is 3.65. The summed E-state index contributed by atoms with van der Waals surface area (Å²) in [6.07, 6.45) is 9.97. The lowest BCUT2D eigenvalue weighted by Crippen LogP contribution is -2.48. The first kappa shape index (κ1) is 14.2. The van der Waals surface area contributed by atoms with E-state index >= 15 is 0 Å². The fourth-order valence-corrected chi connectivity index (χ4v) is 4.15. The first-order valence-electron chi connectivity index (χ1n) is 7.57. The Balaban J connectivity index is 1.76. The van der Waals surface area contributed by atoms with Crippen LogP contribution in [0.1, 0.15) is 58.3 Å². The van der Waals surface area contributed by atoms with E-state index in [0.717, 1.165) is 6.42 Å². The largest absolute Gasteiger partial charge is 0.296 e. The van der Waals surface area contributed by atoms with E-state index in [2.05, 4.69) is 30.1 Å². The van der Waals surface area contributed by atoms with Gasteiger partial charge in [-0.05, 0) is 55.9 Å². The van der Waals surface area contributed by atoms with Gasteiger partial charge in [0.25, 0.3) is 0 Å². The van der Waals surface area contributed by atoms with Gasteiger partial charge >= 0.3 is 0 Å². The van der Waals surface area contributed by atoms with Crippen LogP contribution < -0.4 is 5.32 Å². The molecule has 0 spiro atoms. The molecular weight excluding hydrogens is 240 g/mol. The minimum absolute atomic E-state index is 0.174. The van der Waals surface area contributed by atoms with Gasteiger partial charge in [0, 0.05) is 6.04 Å². The second kappa shape index (κ2) is 6.82. The minimum Gasteiger partial charge on any atom is -0.296 e. The van der Waals surface area contributed by atoms with E-state index in [0.29, 0.717) is 12.0 Å². The fourth-order valence-electron chi connectivity index (χ4n) is 3.00. The Morgan fingerprint density at radius 3 is 2.83 bits per heavy atom. The summed E-state index contributed by atoms with van der Waals surface area (Å²) in [4.78, 5) is 0. The highest BCUT2D eigenvalue weighted by atomic mass is 32.2. The maximum atomic E-state index is 9.59. The van der Waals surface area contributed by atoms with Gasteiger partial charge in [-0.15, -0.1) is 0 Å². The van der Waals surface area contributed by atoms with Crippen LogP contribution in [0.2, 0.25) is 0 Å². The third-order valence-electron chi connectivity index (χ3n) is 4.31. The molecule has 0 radical (unpaired) electrons. The highest BCUT2D eigenvalue weighted by Crippen LogP contribution is 2.40. The molecule has 2 saturated carbocycles. The van der Waals surface area contributed by atoms with Crippen LogP contribution in [0.15, 0.2) is 0 Å². The molecule has 2 unspecified atom stereocenters. The highest BCUT2D eigenvalue weighted by Gasteiger charge is 2.45. The molecule has 2 fully saturated rings. The Kier molecular flexibility index (Phi) is 5.38. The molecule has 3 heteroatoms. The molecule has 2 nitrogen and oxygen atoms in total. The number of hydrogen-bond acceptors (Lipinski definition) is 3. The number of unbranched alkanes of at least 4 members (excludes halogenated alkanes) is 1. The topological polar surface area (TPSA) is 35.8 Å². The van der Waals surface area contributed by atoms with Crippen molar-refractivity contribution in [3.8, 4) is 6.07 Å². The molecule has 2 aliphatic rings. The first-order chi connectivity index (χ1) is 8.80. The van der Waals surface area contributed by atoms with Gasteiger partial charge in [-0.3, -0.25) is 5.32 Å². The first-order valence-corrected chi connectivity index (χ1v) is 8.73. The van der Waals surface area contributed by atoms with E-state index in [9.17, 15) is 5.26 Å². The normalized spacial score (nSPS) is 31.4. The second-order valence-electron chi connectivity index (χ2n) is 5.85. The Morgan fingerprint density at radius 1 is 1.33 bits per heavy atom. The number of nitrogens with zero attached hydrogens (tertiary/aromatic N) is 1. The van der Waals surface area contributed by atoms with E-state index in [1.807, 2.05) is 0 Å². The number of nitrogens with one attached hydrogen (secondary N) is 1. The van der Waals surface area contributed by atoms with Crippen molar-refractivity contribution >= 4 is 11.8 Å². The minimum atomic E-state index is -0.174. The van der Waals surface area contributed by atoms with Crippen molar-refractivity contribution < 1.29 is 0 Å². The van der Waals surface area contributed by atoms with E-state index in [1.165, 1.54) is 56.5 Å². The molecule has 0 saturated heterocycles. The summed E-state index contributed by atoms with van der Waals surface area (Å²) in [5, 5.41) is 13.2. The molecule has 0 bridgehead atoms. The van der Waals surface area contributed by atoms with Crippen LogP contribution in [-0.2, 0) is 0 Å². The number of nitriles is 1. The van der Waals surface area contributed by atoms with Gasteiger partial charge in [0.05, 0.1) is 6.07 Å². The Morgan fingerprint density at radius 2 is 2.17 bits per heavy atom. The Bertz CT molecular complexity index is 295. The summed E-state index contributed by atoms with van der Waals surface area (Å²) in [6.45, 7) is 2.25. The van der Waals surface area contributed by atoms with E-state index < -0.39 is 0 Å². The molecule has 2 atom stereocenters. The molecule has 102 valence electrons. The number of thioether (sulfide) groups is 1. The zero-order valence-electron chi connectivity index (χ0n) is 11.6. The van der Waals surface area contributed by atoms with Crippen LogP contribution in [0.3, 0.4) is 0 Å². The predicted molar refractivity (Wildman–Crippen MR) is 78.7 cm³/mol. The quantitative estimate of drug-likeness (QED) is 0.680. The molecule has 1 N–H and O–H groups in total. The molecule has 0 aromatic heterocycles. The summed E-state index contributed by atoms with van der Waals surface area (Å²) in [7, 11) is 0. The van der Waals surface area contributed by atoms with Crippen LogP contribution in [0.25, 0.3) is 0 Å². The van der Waals surface area contributed by atoms with Gasteiger partial charge in [-0.25, -0.2) is 0 Å². The lowest BCUT2D eigenvalue weighted by Gasteiger charge is -2.30. The van der Waals surface area contributed by atoms with E-state index in [-0.39, 0.29) is 5.54 Å². The average Bonchev–Trinajstić information content (AvgIpc) is 3.10. The van der Waals surface area contributed by atoms with Crippen molar-refractivity contribution in [3.05, 3.63) is 0 Å². The van der Waals surface area contributed by atoms with Crippen molar-refractivity contribution in [2.75, 3.05) is 11.5 Å². The molecule has 0 aliphatic heterocycles. The molecule has 2 rings (SSSR count). The van der Waals surface area contributed by atoms with Crippen LogP contribution in [0, 0.1) is 17.2 Å². The zero-order chi connectivity index (χ0) is 12.8. The zero-order valence-corrected chi connectivity index (χ0v) is 12.4. The summed E-state index contributed by atoms with van der Waals surface area (Å²) in [5.74, 6) is 3.12. The lowest BCUT2D eigenvalue weighted by atomic mass is 9.86. The number of hydrogen-bond donors (Lipinski definition) is 1.